The molecule has 0 bridgehead atoms. The SMILES string of the molecule is N[NH+]=C(N[NH3+])C1(CC2(N)CC2)c2ccc(C(N)=O)cc2CCc2cc(C(N)=O)ccc21. The number of hydrogen-bond acceptors (Lipinski definition) is 4. The van der Waals surface area contributed by atoms with E-state index in [-0.39, 0.29) is 5.54 Å². The molecule has 2 aliphatic rings. The first-order valence-corrected chi connectivity index (χ1v) is 10.3. The van der Waals surface area contributed by atoms with E-state index >= 15 is 0 Å². The van der Waals surface area contributed by atoms with Crippen molar-refractivity contribution in [1.29, 1.82) is 0 Å². The Balaban J connectivity index is 2.06. The summed E-state index contributed by atoms with van der Waals surface area (Å²) in [6.07, 6.45) is 3.67. The number of primary amides is 2. The number of fused-ring (bicyclic) bond motifs is 2. The van der Waals surface area contributed by atoms with Gasteiger partial charge in [-0.2, -0.15) is 10.9 Å². The molecule has 0 radical (unpaired) electrons. The lowest BCUT2D eigenvalue weighted by Gasteiger charge is -2.35. The van der Waals surface area contributed by atoms with Crippen molar-refractivity contribution in [3.05, 3.63) is 69.8 Å². The molecule has 2 aromatic carbocycles. The molecule has 4 rings (SSSR count). The van der Waals surface area contributed by atoms with E-state index in [1.54, 1.807) is 12.1 Å². The van der Waals surface area contributed by atoms with Crippen LogP contribution in [0.1, 0.15) is 62.2 Å². The van der Waals surface area contributed by atoms with E-state index in [0.29, 0.717) is 36.2 Å². The second-order valence-electron chi connectivity index (χ2n) is 8.61. The predicted molar refractivity (Wildman–Crippen MR) is 115 cm³/mol. The number of nitrogens with one attached hydrogen (secondary N) is 2. The van der Waals surface area contributed by atoms with Crippen molar-refractivity contribution >= 4 is 17.6 Å². The highest BCUT2D eigenvalue weighted by Crippen LogP contribution is 2.50. The van der Waals surface area contributed by atoms with Crippen LogP contribution in [0.3, 0.4) is 0 Å². The van der Waals surface area contributed by atoms with Gasteiger partial charge in [-0.25, -0.2) is 0 Å². The maximum atomic E-state index is 11.8. The Hall–Kier alpha value is -3.43. The first kappa shape index (κ1) is 20.8. The fourth-order valence-corrected chi connectivity index (χ4v) is 4.89. The van der Waals surface area contributed by atoms with Gasteiger partial charge in [-0.1, -0.05) is 12.1 Å². The smallest absolute Gasteiger partial charge is 0.329 e. The predicted octanol–water partition coefficient (Wildman–Crippen LogP) is -2.75. The molecule has 2 aromatic rings. The molecule has 0 aliphatic heterocycles. The molecule has 1 saturated carbocycles. The molecule has 2 amide bonds. The monoisotopic (exact) mass is 423 g/mol. The van der Waals surface area contributed by atoms with E-state index in [1.807, 2.05) is 24.3 Å². The largest absolute Gasteiger partial charge is 0.366 e. The van der Waals surface area contributed by atoms with E-state index in [4.69, 9.17) is 23.0 Å². The molecule has 13 N–H and O–H groups in total. The Morgan fingerprint density at radius 1 is 0.968 bits per heavy atom. The zero-order valence-corrected chi connectivity index (χ0v) is 17.3. The summed E-state index contributed by atoms with van der Waals surface area (Å²) < 4.78 is 0. The highest BCUT2D eigenvalue weighted by molar-refractivity contribution is 5.97. The maximum Gasteiger partial charge on any atom is 0.329 e. The van der Waals surface area contributed by atoms with Gasteiger partial charge in [0.2, 0.25) is 11.8 Å². The van der Waals surface area contributed by atoms with E-state index in [1.165, 1.54) is 0 Å². The molecule has 0 spiro atoms. The quantitative estimate of drug-likeness (QED) is 0.118. The molecule has 1 fully saturated rings. The Bertz CT molecular complexity index is 1040. The molecular formula is C22H29N7O2+2. The number of carbonyl (C=O) groups is 2. The van der Waals surface area contributed by atoms with E-state index in [9.17, 15) is 9.59 Å². The Morgan fingerprint density at radius 3 is 1.81 bits per heavy atom. The average Bonchev–Trinajstić information content (AvgIpc) is 3.49. The van der Waals surface area contributed by atoms with Gasteiger partial charge in [-0.3, -0.25) is 15.4 Å². The summed E-state index contributed by atoms with van der Waals surface area (Å²) in [5, 5.41) is 2.80. The second kappa shape index (κ2) is 7.36. The fourth-order valence-electron chi connectivity index (χ4n) is 4.89. The van der Waals surface area contributed by atoms with Crippen molar-refractivity contribution in [1.82, 2.24) is 5.43 Å². The normalized spacial score (nSPS) is 18.3. The van der Waals surface area contributed by atoms with E-state index in [0.717, 1.165) is 35.1 Å². The van der Waals surface area contributed by atoms with Crippen LogP contribution in [-0.2, 0) is 18.3 Å². The number of benzene rings is 2. The number of hydrazone groups is 1. The van der Waals surface area contributed by atoms with Crippen LogP contribution in [0.15, 0.2) is 36.4 Å². The van der Waals surface area contributed by atoms with Crippen molar-refractivity contribution in [3.8, 4) is 0 Å². The topological polar surface area (TPSA) is 192 Å². The van der Waals surface area contributed by atoms with Gasteiger partial charge in [0.1, 0.15) is 5.41 Å². The number of hydrogen-bond donors (Lipinski definition) is 7. The number of rotatable bonds is 5. The lowest BCUT2D eigenvalue weighted by atomic mass is 9.66. The van der Waals surface area contributed by atoms with Crippen molar-refractivity contribution < 1.29 is 20.5 Å². The van der Waals surface area contributed by atoms with Gasteiger partial charge in [0.25, 0.3) is 0 Å². The molecule has 0 unspecified atom stereocenters. The minimum Gasteiger partial charge on any atom is -0.366 e. The number of nitrogens with two attached hydrogens (primary N) is 4. The minimum atomic E-state index is -0.769. The van der Waals surface area contributed by atoms with Gasteiger partial charge < -0.3 is 17.2 Å². The maximum absolute atomic E-state index is 11.8. The third-order valence-corrected chi connectivity index (χ3v) is 6.62. The molecule has 0 atom stereocenters. The highest BCUT2D eigenvalue weighted by Gasteiger charge is 2.55. The van der Waals surface area contributed by atoms with E-state index < -0.39 is 17.2 Å². The highest BCUT2D eigenvalue weighted by atomic mass is 16.1. The average molecular weight is 424 g/mol. The van der Waals surface area contributed by atoms with Crippen LogP contribution in [0.4, 0.5) is 0 Å². The molecule has 0 heterocycles. The Morgan fingerprint density at radius 2 is 1.45 bits per heavy atom. The Labute approximate surface area is 180 Å². The summed E-state index contributed by atoms with van der Waals surface area (Å²) in [7, 11) is 0. The van der Waals surface area contributed by atoms with E-state index in [2.05, 4.69) is 16.4 Å². The van der Waals surface area contributed by atoms with Crippen LogP contribution in [-0.4, -0.2) is 23.2 Å². The first-order valence-electron chi connectivity index (χ1n) is 10.3. The Kier molecular flexibility index (Phi) is 4.95. The molecule has 162 valence electrons. The number of amides is 2. The number of quaternary nitrogens is 1. The summed E-state index contributed by atoms with van der Waals surface area (Å²) in [5.41, 5.74) is 24.4. The van der Waals surface area contributed by atoms with Crippen molar-refractivity contribution in [3.63, 3.8) is 0 Å². The lowest BCUT2D eigenvalue weighted by Crippen LogP contribution is -2.91. The standard InChI is InChI=1S/C22H27N7O2/c23-18(30)14-3-5-16-12(9-14)1-2-13-10-15(19(24)31)4-6-17(13)22(16,20(28-26)29-27)11-21(25)7-8-21/h3-6,9-10H,1-2,7-8,11,25-27H2,(H2,23,30)(H2,24,31)(H,28,29)/p+2. The van der Waals surface area contributed by atoms with Gasteiger partial charge in [-0.05, 0) is 78.6 Å². The van der Waals surface area contributed by atoms with Gasteiger partial charge in [0.15, 0.2) is 0 Å². The molecule has 9 heteroatoms. The van der Waals surface area contributed by atoms with Crippen molar-refractivity contribution in [2.24, 2.45) is 23.0 Å². The number of amidine groups is 1. The lowest BCUT2D eigenvalue weighted by molar-refractivity contribution is -0.502. The number of carbonyl (C=O) groups excluding carboxylic acids is 2. The van der Waals surface area contributed by atoms with Crippen LogP contribution < -0.4 is 39.4 Å². The zero-order chi connectivity index (χ0) is 22.4. The first-order chi connectivity index (χ1) is 14.7. The molecule has 31 heavy (non-hydrogen) atoms. The third-order valence-electron chi connectivity index (χ3n) is 6.62. The van der Waals surface area contributed by atoms with Crippen LogP contribution >= 0.6 is 0 Å². The fraction of sp³-hybridized carbons (Fsp3) is 0.318. The summed E-state index contributed by atoms with van der Waals surface area (Å²) in [6.45, 7) is 0. The third kappa shape index (κ3) is 3.41. The van der Waals surface area contributed by atoms with Gasteiger partial charge in [-0.15, -0.1) is 5.43 Å². The van der Waals surface area contributed by atoms with Crippen LogP contribution in [0.25, 0.3) is 0 Å². The molecule has 0 aromatic heterocycles. The molecule has 2 aliphatic carbocycles. The van der Waals surface area contributed by atoms with Crippen LogP contribution in [0.5, 0.6) is 0 Å². The van der Waals surface area contributed by atoms with Gasteiger partial charge in [0, 0.05) is 16.7 Å². The summed E-state index contributed by atoms with van der Waals surface area (Å²) in [5.74, 6) is 9.48. The molecular weight excluding hydrogens is 394 g/mol. The van der Waals surface area contributed by atoms with Gasteiger partial charge in [0.05, 0.1) is 0 Å². The number of hydrazine groups is 1. The van der Waals surface area contributed by atoms with Gasteiger partial charge >= 0.3 is 5.84 Å². The zero-order valence-electron chi connectivity index (χ0n) is 17.3. The summed E-state index contributed by atoms with van der Waals surface area (Å²) >= 11 is 0. The van der Waals surface area contributed by atoms with Crippen molar-refractivity contribution in [2.45, 2.75) is 43.1 Å². The van der Waals surface area contributed by atoms with Crippen molar-refractivity contribution in [2.75, 3.05) is 0 Å². The van der Waals surface area contributed by atoms with Crippen LogP contribution in [0, 0.1) is 0 Å². The summed E-state index contributed by atoms with van der Waals surface area (Å²) in [4.78, 5) is 23.7. The summed E-state index contributed by atoms with van der Waals surface area (Å²) in [6, 6.07) is 11.0. The molecule has 9 nitrogen and oxygen atoms in total. The van der Waals surface area contributed by atoms with Crippen LogP contribution in [0.2, 0.25) is 0 Å². The number of aryl methyl sites for hydroxylation is 2. The second-order valence-corrected chi connectivity index (χ2v) is 8.61. The minimum absolute atomic E-state index is 0.359. The molecule has 0 saturated heterocycles.